The second kappa shape index (κ2) is 6.97. The molecule has 0 spiro atoms. The minimum atomic E-state index is -3.49. The molecule has 0 radical (unpaired) electrons. The van der Waals surface area contributed by atoms with Crippen LogP contribution in [0.3, 0.4) is 0 Å². The molecule has 3 rings (SSSR count). The zero-order valence-corrected chi connectivity index (χ0v) is 14.0. The van der Waals surface area contributed by atoms with Gasteiger partial charge in [-0.05, 0) is 43.7 Å². The van der Waals surface area contributed by atoms with Crippen molar-refractivity contribution < 1.29 is 13.2 Å². The van der Waals surface area contributed by atoms with Crippen molar-refractivity contribution in [2.24, 2.45) is 5.92 Å². The third-order valence-corrected chi connectivity index (χ3v) is 6.53. The van der Waals surface area contributed by atoms with Crippen LogP contribution in [0.4, 0.5) is 0 Å². The van der Waals surface area contributed by atoms with E-state index in [1.165, 1.54) is 16.6 Å². The molecule has 0 atom stereocenters. The maximum absolute atomic E-state index is 12.5. The Morgan fingerprint density at radius 2 is 1.91 bits per heavy atom. The topological polar surface area (TPSA) is 70.6 Å². The Morgan fingerprint density at radius 3 is 2.57 bits per heavy atom. The lowest BCUT2D eigenvalue weighted by molar-refractivity contribution is -0.134. The van der Waals surface area contributed by atoms with Gasteiger partial charge in [0.25, 0.3) is 10.0 Å². The number of hydrogen-bond donors (Lipinski definition) is 0. The Balaban J connectivity index is 1.57. The van der Waals surface area contributed by atoms with Crippen LogP contribution in [0, 0.1) is 5.92 Å². The van der Waals surface area contributed by atoms with Crippen LogP contribution in [-0.2, 0) is 14.8 Å². The maximum Gasteiger partial charge on any atom is 0.260 e. The van der Waals surface area contributed by atoms with Crippen molar-refractivity contribution in [2.45, 2.75) is 37.1 Å². The molecule has 0 saturated carbocycles. The normalized spacial score (nSPS) is 21.6. The molecule has 0 aliphatic carbocycles. The highest BCUT2D eigenvalue weighted by molar-refractivity contribution is 7.89. The summed E-state index contributed by atoms with van der Waals surface area (Å²) in [6, 6.07) is 4.93. The smallest absolute Gasteiger partial charge is 0.260 e. The number of hydrogen-bond acceptors (Lipinski definition) is 4. The first-order chi connectivity index (χ1) is 11.1. The van der Waals surface area contributed by atoms with E-state index in [9.17, 15) is 13.2 Å². The molecule has 23 heavy (non-hydrogen) atoms. The number of piperidine rings is 2. The molecule has 126 valence electrons. The van der Waals surface area contributed by atoms with Gasteiger partial charge in [0.1, 0.15) is 0 Å². The van der Waals surface area contributed by atoms with Crippen LogP contribution in [0.25, 0.3) is 0 Å². The fourth-order valence-electron chi connectivity index (χ4n) is 3.33. The van der Waals surface area contributed by atoms with Gasteiger partial charge in [-0.2, -0.15) is 4.31 Å². The summed E-state index contributed by atoms with van der Waals surface area (Å²) in [6.45, 7) is 2.64. The lowest BCUT2D eigenvalue weighted by Crippen LogP contribution is -2.44. The molecule has 1 amide bonds. The van der Waals surface area contributed by atoms with Crippen molar-refractivity contribution in [3.63, 3.8) is 0 Å². The van der Waals surface area contributed by atoms with Crippen molar-refractivity contribution in [3.8, 4) is 0 Å². The summed E-state index contributed by atoms with van der Waals surface area (Å²) in [5.74, 6) is 0.645. The molecular weight excluding hydrogens is 314 g/mol. The first-order valence-electron chi connectivity index (χ1n) is 8.26. The second-order valence-electron chi connectivity index (χ2n) is 6.31. The van der Waals surface area contributed by atoms with E-state index in [0.717, 1.165) is 38.8 Å². The zero-order chi connectivity index (χ0) is 16.3. The van der Waals surface area contributed by atoms with E-state index in [1.807, 2.05) is 4.90 Å². The Kier molecular flexibility index (Phi) is 4.96. The van der Waals surface area contributed by atoms with Crippen LogP contribution in [0.5, 0.6) is 0 Å². The minimum Gasteiger partial charge on any atom is -0.342 e. The van der Waals surface area contributed by atoms with E-state index < -0.39 is 10.0 Å². The molecule has 1 aromatic rings. The predicted molar refractivity (Wildman–Crippen MR) is 86.2 cm³/mol. The fourth-order valence-corrected chi connectivity index (χ4v) is 4.73. The summed E-state index contributed by atoms with van der Waals surface area (Å²) in [5.41, 5.74) is 0. The van der Waals surface area contributed by atoms with Crippen molar-refractivity contribution in [1.29, 1.82) is 0 Å². The molecule has 1 aromatic heterocycles. The third-order valence-electron chi connectivity index (χ3n) is 4.72. The number of rotatable bonds is 4. The Bertz CT molecular complexity index is 640. The monoisotopic (exact) mass is 337 g/mol. The standard InChI is InChI=1S/C16H23N3O3S/c20-16-6-2-4-10-18(16)13-14-7-11-19(12-8-14)23(21,22)15-5-1-3-9-17-15/h1,3,5,9,14H,2,4,6-8,10-13H2. The van der Waals surface area contributed by atoms with Gasteiger partial charge >= 0.3 is 0 Å². The summed E-state index contributed by atoms with van der Waals surface area (Å²) >= 11 is 0. The van der Waals surface area contributed by atoms with E-state index in [0.29, 0.717) is 25.4 Å². The third kappa shape index (κ3) is 3.72. The van der Waals surface area contributed by atoms with Crippen molar-refractivity contribution in [1.82, 2.24) is 14.2 Å². The quantitative estimate of drug-likeness (QED) is 0.835. The summed E-state index contributed by atoms with van der Waals surface area (Å²) in [7, 11) is -3.49. The summed E-state index contributed by atoms with van der Waals surface area (Å²) in [4.78, 5) is 17.8. The summed E-state index contributed by atoms with van der Waals surface area (Å²) in [5, 5.41) is 0.115. The summed E-state index contributed by atoms with van der Waals surface area (Å²) < 4.78 is 26.6. The highest BCUT2D eigenvalue weighted by Gasteiger charge is 2.31. The first-order valence-corrected chi connectivity index (χ1v) is 9.70. The van der Waals surface area contributed by atoms with Crippen LogP contribution in [-0.4, -0.2) is 54.7 Å². The molecule has 7 heteroatoms. The van der Waals surface area contributed by atoms with Gasteiger partial charge in [0.15, 0.2) is 5.03 Å². The Morgan fingerprint density at radius 1 is 1.13 bits per heavy atom. The van der Waals surface area contributed by atoms with Crippen molar-refractivity contribution in [3.05, 3.63) is 24.4 Å². The summed E-state index contributed by atoms with van der Waals surface area (Å²) in [6.07, 6.45) is 5.84. The number of carbonyl (C=O) groups excluding carboxylic acids is 1. The molecule has 0 bridgehead atoms. The number of amides is 1. The van der Waals surface area contributed by atoms with Crippen LogP contribution < -0.4 is 0 Å². The van der Waals surface area contributed by atoms with Gasteiger partial charge in [0, 0.05) is 38.8 Å². The minimum absolute atomic E-state index is 0.115. The molecular formula is C16H23N3O3S. The molecule has 0 N–H and O–H groups in total. The van der Waals surface area contributed by atoms with Crippen molar-refractivity contribution >= 4 is 15.9 Å². The number of pyridine rings is 1. The average Bonchev–Trinajstić information content (AvgIpc) is 2.58. The lowest BCUT2D eigenvalue weighted by Gasteiger charge is -2.35. The first kappa shape index (κ1) is 16.4. The van der Waals surface area contributed by atoms with Gasteiger partial charge in [-0.15, -0.1) is 0 Å². The molecule has 2 aliphatic heterocycles. The fraction of sp³-hybridized carbons (Fsp3) is 0.625. The van der Waals surface area contributed by atoms with E-state index in [2.05, 4.69) is 4.98 Å². The van der Waals surface area contributed by atoms with Crippen LogP contribution in [0.2, 0.25) is 0 Å². The van der Waals surface area contributed by atoms with Crippen molar-refractivity contribution in [2.75, 3.05) is 26.2 Å². The van der Waals surface area contributed by atoms with Gasteiger partial charge < -0.3 is 4.90 Å². The van der Waals surface area contributed by atoms with Crippen LogP contribution >= 0.6 is 0 Å². The zero-order valence-electron chi connectivity index (χ0n) is 13.2. The number of sulfonamides is 1. The number of aromatic nitrogens is 1. The van der Waals surface area contributed by atoms with E-state index >= 15 is 0 Å². The second-order valence-corrected chi connectivity index (χ2v) is 8.20. The SMILES string of the molecule is O=C1CCCCN1CC1CCN(S(=O)(=O)c2ccccn2)CC1. The van der Waals surface area contributed by atoms with E-state index in [-0.39, 0.29) is 10.9 Å². The lowest BCUT2D eigenvalue weighted by atomic mass is 9.96. The Hall–Kier alpha value is -1.47. The van der Waals surface area contributed by atoms with E-state index in [1.54, 1.807) is 12.1 Å². The van der Waals surface area contributed by atoms with Crippen LogP contribution in [0.15, 0.2) is 29.4 Å². The van der Waals surface area contributed by atoms with Gasteiger partial charge in [-0.3, -0.25) is 4.79 Å². The predicted octanol–water partition coefficient (Wildman–Crippen LogP) is 1.49. The highest BCUT2D eigenvalue weighted by atomic mass is 32.2. The van der Waals surface area contributed by atoms with Gasteiger partial charge in [-0.1, -0.05) is 6.07 Å². The molecule has 2 aliphatic rings. The number of likely N-dealkylation sites (tertiary alicyclic amines) is 1. The number of nitrogens with zero attached hydrogens (tertiary/aromatic N) is 3. The molecule has 0 aromatic carbocycles. The van der Waals surface area contributed by atoms with Gasteiger partial charge in [0.05, 0.1) is 0 Å². The van der Waals surface area contributed by atoms with E-state index in [4.69, 9.17) is 0 Å². The molecule has 3 heterocycles. The largest absolute Gasteiger partial charge is 0.342 e. The van der Waals surface area contributed by atoms with Gasteiger partial charge in [0.2, 0.25) is 5.91 Å². The molecule has 2 saturated heterocycles. The average molecular weight is 337 g/mol. The Labute approximate surface area is 137 Å². The molecule has 2 fully saturated rings. The van der Waals surface area contributed by atoms with Gasteiger partial charge in [-0.25, -0.2) is 13.4 Å². The van der Waals surface area contributed by atoms with Crippen LogP contribution in [0.1, 0.15) is 32.1 Å². The maximum atomic E-state index is 12.5. The molecule has 0 unspecified atom stereocenters. The highest BCUT2D eigenvalue weighted by Crippen LogP contribution is 2.24. The number of carbonyl (C=O) groups is 1. The molecule has 6 nitrogen and oxygen atoms in total.